The molecule has 0 aliphatic carbocycles. The monoisotopic (exact) mass is 247 g/mol. The number of hydrogen-bond donors (Lipinski definition) is 2. The summed E-state index contributed by atoms with van der Waals surface area (Å²) in [6.45, 7) is 1.85. The van der Waals surface area contributed by atoms with Crippen LogP contribution in [0.1, 0.15) is 28.9 Å². The summed E-state index contributed by atoms with van der Waals surface area (Å²) in [5.74, 6) is -1.18. The Morgan fingerprint density at radius 1 is 1.50 bits per heavy atom. The van der Waals surface area contributed by atoms with E-state index in [9.17, 15) is 14.4 Å². The van der Waals surface area contributed by atoms with E-state index in [1.807, 2.05) is 6.92 Å². The number of hydrogen-bond acceptors (Lipinski definition) is 4. The van der Waals surface area contributed by atoms with Crippen LogP contribution in [0.4, 0.5) is 0 Å². The Morgan fingerprint density at radius 3 is 2.94 bits per heavy atom. The fraction of sp³-hybridized carbons (Fsp3) is 0.333. The molecule has 1 aromatic rings. The van der Waals surface area contributed by atoms with Crippen LogP contribution in [0.2, 0.25) is 0 Å². The van der Waals surface area contributed by atoms with Crippen molar-refractivity contribution in [1.29, 1.82) is 0 Å². The molecular formula is C12H13N3O3. The molecule has 0 saturated carbocycles. The first-order chi connectivity index (χ1) is 8.56. The summed E-state index contributed by atoms with van der Waals surface area (Å²) in [7, 11) is 0. The number of carbonyl (C=O) groups excluding carboxylic acids is 3. The first-order valence-corrected chi connectivity index (χ1v) is 5.63. The summed E-state index contributed by atoms with van der Waals surface area (Å²) in [6, 6.07) is 2.75. The van der Waals surface area contributed by atoms with Crippen LogP contribution in [-0.4, -0.2) is 28.7 Å². The molecule has 2 heterocycles. The maximum atomic E-state index is 11.9. The highest BCUT2D eigenvalue weighted by Crippen LogP contribution is 2.06. The Morgan fingerprint density at radius 2 is 2.28 bits per heavy atom. The van der Waals surface area contributed by atoms with E-state index in [0.29, 0.717) is 6.42 Å². The molecule has 3 amide bonds. The molecule has 94 valence electrons. The Kier molecular flexibility index (Phi) is 3.36. The third-order valence-corrected chi connectivity index (χ3v) is 2.69. The van der Waals surface area contributed by atoms with E-state index in [1.165, 1.54) is 6.20 Å². The number of aromatic nitrogens is 1. The van der Waals surface area contributed by atoms with Gasteiger partial charge in [-0.15, -0.1) is 0 Å². The van der Waals surface area contributed by atoms with Gasteiger partial charge in [0.1, 0.15) is 11.7 Å². The molecular weight excluding hydrogens is 234 g/mol. The van der Waals surface area contributed by atoms with Gasteiger partial charge < -0.3 is 5.32 Å². The second kappa shape index (κ2) is 4.95. The molecule has 1 aromatic heterocycles. The lowest BCUT2D eigenvalue weighted by atomic mass is 10.1. The Bertz CT molecular complexity index is 513. The lowest BCUT2D eigenvalue weighted by Gasteiger charge is -2.21. The molecule has 1 unspecified atom stereocenters. The van der Waals surface area contributed by atoms with Gasteiger partial charge in [0.15, 0.2) is 0 Å². The van der Waals surface area contributed by atoms with E-state index in [-0.39, 0.29) is 18.0 Å². The number of piperidine rings is 1. The van der Waals surface area contributed by atoms with Crippen LogP contribution in [0, 0.1) is 6.92 Å². The van der Waals surface area contributed by atoms with Crippen molar-refractivity contribution in [3.63, 3.8) is 0 Å². The van der Waals surface area contributed by atoms with Crippen LogP contribution >= 0.6 is 0 Å². The standard InChI is InChI=1S/C12H13N3O3/c1-7-4-5-13-9(6-7)12(18)14-8-2-3-10(16)15-11(8)17/h4-6,8H,2-3H2,1H3,(H,14,18)(H,15,16,17). The van der Waals surface area contributed by atoms with E-state index in [2.05, 4.69) is 15.6 Å². The van der Waals surface area contributed by atoms with E-state index in [0.717, 1.165) is 5.56 Å². The highest BCUT2D eigenvalue weighted by molar-refractivity contribution is 6.03. The summed E-state index contributed by atoms with van der Waals surface area (Å²) >= 11 is 0. The van der Waals surface area contributed by atoms with Gasteiger partial charge in [0, 0.05) is 12.6 Å². The average Bonchev–Trinajstić information content (AvgIpc) is 2.32. The lowest BCUT2D eigenvalue weighted by molar-refractivity contribution is -0.134. The summed E-state index contributed by atoms with van der Waals surface area (Å²) in [6.07, 6.45) is 2.09. The first kappa shape index (κ1) is 12.2. The third-order valence-electron chi connectivity index (χ3n) is 2.69. The molecule has 0 aromatic carbocycles. The fourth-order valence-electron chi connectivity index (χ4n) is 1.72. The van der Waals surface area contributed by atoms with Gasteiger partial charge in [-0.25, -0.2) is 0 Å². The second-order valence-electron chi connectivity index (χ2n) is 4.20. The molecule has 0 radical (unpaired) electrons. The molecule has 0 spiro atoms. The SMILES string of the molecule is Cc1ccnc(C(=O)NC2CCC(=O)NC2=O)c1. The summed E-state index contributed by atoms with van der Waals surface area (Å²) < 4.78 is 0. The predicted octanol–water partition coefficient (Wildman–Crippen LogP) is -0.0750. The molecule has 6 heteroatoms. The van der Waals surface area contributed by atoms with E-state index >= 15 is 0 Å². The van der Waals surface area contributed by atoms with E-state index < -0.39 is 17.9 Å². The smallest absolute Gasteiger partial charge is 0.270 e. The minimum Gasteiger partial charge on any atom is -0.339 e. The van der Waals surface area contributed by atoms with Gasteiger partial charge >= 0.3 is 0 Å². The highest BCUT2D eigenvalue weighted by atomic mass is 16.2. The zero-order chi connectivity index (χ0) is 13.1. The van der Waals surface area contributed by atoms with Gasteiger partial charge in [0.2, 0.25) is 11.8 Å². The van der Waals surface area contributed by atoms with E-state index in [4.69, 9.17) is 0 Å². The van der Waals surface area contributed by atoms with Crippen LogP contribution in [0.25, 0.3) is 0 Å². The zero-order valence-electron chi connectivity index (χ0n) is 9.90. The largest absolute Gasteiger partial charge is 0.339 e. The maximum Gasteiger partial charge on any atom is 0.270 e. The number of aryl methyl sites for hydroxylation is 1. The van der Waals surface area contributed by atoms with Gasteiger partial charge in [0.25, 0.3) is 5.91 Å². The second-order valence-corrected chi connectivity index (χ2v) is 4.20. The number of carbonyl (C=O) groups is 3. The summed E-state index contributed by atoms with van der Waals surface area (Å²) in [4.78, 5) is 38.2. The number of pyridine rings is 1. The van der Waals surface area contributed by atoms with Crippen LogP contribution in [0.3, 0.4) is 0 Å². The van der Waals surface area contributed by atoms with Gasteiger partial charge in [0.05, 0.1) is 0 Å². The van der Waals surface area contributed by atoms with Gasteiger partial charge in [-0.1, -0.05) is 0 Å². The number of imide groups is 1. The van der Waals surface area contributed by atoms with Crippen LogP contribution < -0.4 is 10.6 Å². The van der Waals surface area contributed by atoms with Gasteiger partial charge in [-0.3, -0.25) is 24.7 Å². The number of amides is 3. The topological polar surface area (TPSA) is 88.2 Å². The number of nitrogens with zero attached hydrogens (tertiary/aromatic N) is 1. The molecule has 0 bridgehead atoms. The molecule has 2 N–H and O–H groups in total. The van der Waals surface area contributed by atoms with Crippen molar-refractivity contribution in [2.45, 2.75) is 25.8 Å². The Labute approximate surface area is 104 Å². The number of nitrogens with one attached hydrogen (secondary N) is 2. The van der Waals surface area contributed by atoms with Crippen molar-refractivity contribution >= 4 is 17.7 Å². The van der Waals surface area contributed by atoms with Crippen LogP contribution in [0.15, 0.2) is 18.3 Å². The molecule has 2 rings (SSSR count). The van der Waals surface area contributed by atoms with Gasteiger partial charge in [-0.2, -0.15) is 0 Å². The highest BCUT2D eigenvalue weighted by Gasteiger charge is 2.28. The van der Waals surface area contributed by atoms with Crippen molar-refractivity contribution in [2.24, 2.45) is 0 Å². The molecule has 6 nitrogen and oxygen atoms in total. The zero-order valence-corrected chi connectivity index (χ0v) is 9.90. The fourth-order valence-corrected chi connectivity index (χ4v) is 1.72. The summed E-state index contributed by atoms with van der Waals surface area (Å²) in [5.41, 5.74) is 1.18. The summed E-state index contributed by atoms with van der Waals surface area (Å²) in [5, 5.41) is 4.75. The minimum absolute atomic E-state index is 0.234. The predicted molar refractivity (Wildman–Crippen MR) is 62.6 cm³/mol. The molecule has 18 heavy (non-hydrogen) atoms. The molecule has 1 aliphatic heterocycles. The van der Waals surface area contributed by atoms with Crippen molar-refractivity contribution in [2.75, 3.05) is 0 Å². The van der Waals surface area contributed by atoms with Crippen LogP contribution in [0.5, 0.6) is 0 Å². The number of rotatable bonds is 2. The van der Waals surface area contributed by atoms with Crippen molar-refractivity contribution in [1.82, 2.24) is 15.6 Å². The minimum atomic E-state index is -0.669. The average molecular weight is 247 g/mol. The normalized spacial score (nSPS) is 19.3. The maximum absolute atomic E-state index is 11.9. The molecule has 1 fully saturated rings. The lowest BCUT2D eigenvalue weighted by Crippen LogP contribution is -2.52. The van der Waals surface area contributed by atoms with Crippen molar-refractivity contribution in [3.8, 4) is 0 Å². The molecule has 1 atom stereocenters. The third kappa shape index (κ3) is 2.71. The van der Waals surface area contributed by atoms with Gasteiger partial charge in [-0.05, 0) is 31.0 Å². The Balaban J connectivity index is 2.03. The van der Waals surface area contributed by atoms with Crippen LogP contribution in [-0.2, 0) is 9.59 Å². The molecule has 1 saturated heterocycles. The Hall–Kier alpha value is -2.24. The quantitative estimate of drug-likeness (QED) is 0.716. The molecule has 1 aliphatic rings. The van der Waals surface area contributed by atoms with Crippen molar-refractivity contribution in [3.05, 3.63) is 29.6 Å². The first-order valence-electron chi connectivity index (χ1n) is 5.63. The van der Waals surface area contributed by atoms with Crippen molar-refractivity contribution < 1.29 is 14.4 Å². The van der Waals surface area contributed by atoms with E-state index in [1.54, 1.807) is 12.1 Å².